The molecule has 24 heavy (non-hydrogen) atoms. The number of nitrogens with zero attached hydrogens (tertiary/aromatic N) is 3. The van der Waals surface area contributed by atoms with Crippen LogP contribution >= 0.6 is 0 Å². The first-order chi connectivity index (χ1) is 11.4. The second-order valence-electron chi connectivity index (χ2n) is 4.75. The van der Waals surface area contributed by atoms with Gasteiger partial charge in [0, 0.05) is 17.6 Å². The van der Waals surface area contributed by atoms with Gasteiger partial charge in [0.05, 0.1) is 18.3 Å². The minimum absolute atomic E-state index is 0.252. The molecule has 0 fully saturated rings. The fourth-order valence-corrected chi connectivity index (χ4v) is 2.03. The molecular weight excluding hydrogens is 327 g/mol. The molecule has 0 aliphatic heterocycles. The molecule has 2 heterocycles. The van der Waals surface area contributed by atoms with Gasteiger partial charge in [0.1, 0.15) is 5.75 Å². The van der Waals surface area contributed by atoms with Gasteiger partial charge < -0.3 is 10.1 Å². The van der Waals surface area contributed by atoms with Gasteiger partial charge >= 0.3 is 6.18 Å². The number of alkyl halides is 3. The minimum atomic E-state index is -4.61. The number of carbonyl (C=O) groups is 1. The van der Waals surface area contributed by atoms with E-state index >= 15 is 0 Å². The largest absolute Gasteiger partial charge is 0.494 e. The zero-order valence-corrected chi connectivity index (χ0v) is 12.2. The molecule has 1 amide bonds. The number of aromatic nitrogens is 4. The average Bonchev–Trinajstić information content (AvgIpc) is 3.00. The van der Waals surface area contributed by atoms with Crippen molar-refractivity contribution in [3.63, 3.8) is 0 Å². The molecule has 0 bridgehead atoms. The zero-order chi connectivity index (χ0) is 17.3. The standard InChI is InChI=1S/C14H10F3N5O2/c1-24-11-5-9-7(6-18-20-9)4-10(11)19-13(23)8-2-3-12(22-21-8)14(15,16)17/h2-6H,1H3,(H,18,20)(H,19,23). The lowest BCUT2D eigenvalue weighted by Gasteiger charge is -2.10. The van der Waals surface area contributed by atoms with Crippen molar-refractivity contribution in [3.8, 4) is 5.75 Å². The van der Waals surface area contributed by atoms with Gasteiger partial charge in [-0.1, -0.05) is 0 Å². The number of carbonyl (C=O) groups excluding carboxylic acids is 1. The Labute approximate surface area is 132 Å². The lowest BCUT2D eigenvalue weighted by Crippen LogP contribution is -2.17. The van der Waals surface area contributed by atoms with Crippen LogP contribution in [0.25, 0.3) is 10.9 Å². The van der Waals surface area contributed by atoms with Crippen LogP contribution in [-0.2, 0) is 6.18 Å². The van der Waals surface area contributed by atoms with Crippen LogP contribution < -0.4 is 10.1 Å². The van der Waals surface area contributed by atoms with Crippen LogP contribution in [-0.4, -0.2) is 33.4 Å². The molecule has 2 aromatic heterocycles. The van der Waals surface area contributed by atoms with E-state index in [4.69, 9.17) is 4.74 Å². The van der Waals surface area contributed by atoms with Gasteiger partial charge in [-0.05, 0) is 18.2 Å². The number of nitrogens with one attached hydrogen (secondary N) is 2. The highest BCUT2D eigenvalue weighted by Crippen LogP contribution is 2.30. The third kappa shape index (κ3) is 2.98. The van der Waals surface area contributed by atoms with Crippen LogP contribution in [0.3, 0.4) is 0 Å². The number of H-pyrrole nitrogens is 1. The highest BCUT2D eigenvalue weighted by atomic mass is 19.4. The topological polar surface area (TPSA) is 92.8 Å². The number of rotatable bonds is 3. The van der Waals surface area contributed by atoms with Gasteiger partial charge in [0.15, 0.2) is 11.4 Å². The van der Waals surface area contributed by atoms with Crippen molar-refractivity contribution in [2.75, 3.05) is 12.4 Å². The van der Waals surface area contributed by atoms with Crippen molar-refractivity contribution >= 4 is 22.5 Å². The van der Waals surface area contributed by atoms with Crippen LogP contribution in [0.15, 0.2) is 30.5 Å². The summed E-state index contributed by atoms with van der Waals surface area (Å²) in [4.78, 5) is 12.1. The number of hydrogen-bond acceptors (Lipinski definition) is 5. The van der Waals surface area contributed by atoms with Crippen molar-refractivity contribution in [2.45, 2.75) is 6.18 Å². The summed E-state index contributed by atoms with van der Waals surface area (Å²) in [6.45, 7) is 0. The van der Waals surface area contributed by atoms with E-state index in [2.05, 4.69) is 25.7 Å². The maximum atomic E-state index is 12.5. The maximum Gasteiger partial charge on any atom is 0.435 e. The minimum Gasteiger partial charge on any atom is -0.494 e. The van der Waals surface area contributed by atoms with Crippen LogP contribution in [0.5, 0.6) is 5.75 Å². The number of aromatic amines is 1. The van der Waals surface area contributed by atoms with Gasteiger partial charge in [-0.2, -0.15) is 18.3 Å². The lowest BCUT2D eigenvalue weighted by atomic mass is 10.2. The van der Waals surface area contributed by atoms with Crippen LogP contribution in [0, 0.1) is 0 Å². The fraction of sp³-hybridized carbons (Fsp3) is 0.143. The van der Waals surface area contributed by atoms with E-state index in [1.807, 2.05) is 0 Å². The molecule has 2 N–H and O–H groups in total. The summed E-state index contributed by atoms with van der Waals surface area (Å²) in [5.74, 6) is -0.361. The molecule has 124 valence electrons. The molecule has 3 aromatic rings. The van der Waals surface area contributed by atoms with Gasteiger partial charge in [-0.25, -0.2) is 0 Å². The van der Waals surface area contributed by atoms with E-state index in [1.165, 1.54) is 7.11 Å². The molecule has 1 aromatic carbocycles. The number of anilines is 1. The highest BCUT2D eigenvalue weighted by Gasteiger charge is 2.33. The summed E-state index contributed by atoms with van der Waals surface area (Å²) < 4.78 is 42.5. The van der Waals surface area contributed by atoms with Gasteiger partial charge in [-0.15, -0.1) is 10.2 Å². The first-order valence-corrected chi connectivity index (χ1v) is 6.62. The Bertz CT molecular complexity index is 890. The monoisotopic (exact) mass is 337 g/mol. The number of amides is 1. The van der Waals surface area contributed by atoms with E-state index in [0.29, 0.717) is 23.0 Å². The molecule has 7 nitrogen and oxygen atoms in total. The zero-order valence-electron chi connectivity index (χ0n) is 12.2. The third-order valence-electron chi connectivity index (χ3n) is 3.19. The van der Waals surface area contributed by atoms with Gasteiger partial charge in [0.2, 0.25) is 0 Å². The first kappa shape index (κ1) is 15.7. The summed E-state index contributed by atoms with van der Waals surface area (Å²) >= 11 is 0. The summed E-state index contributed by atoms with van der Waals surface area (Å²) in [6.07, 6.45) is -2.99. The normalized spacial score (nSPS) is 11.5. The van der Waals surface area contributed by atoms with E-state index in [1.54, 1.807) is 18.3 Å². The van der Waals surface area contributed by atoms with E-state index in [9.17, 15) is 18.0 Å². The molecule has 0 unspecified atom stereocenters. The SMILES string of the molecule is COc1cc2n[nH]cc2cc1NC(=O)c1ccc(C(F)(F)F)nn1. The second kappa shape index (κ2) is 5.80. The number of methoxy groups -OCH3 is 1. The lowest BCUT2D eigenvalue weighted by molar-refractivity contribution is -0.141. The van der Waals surface area contributed by atoms with Crippen LogP contribution in [0.1, 0.15) is 16.2 Å². The molecule has 10 heteroatoms. The second-order valence-corrected chi connectivity index (χ2v) is 4.75. The average molecular weight is 337 g/mol. The summed E-state index contributed by atoms with van der Waals surface area (Å²) in [7, 11) is 1.42. The van der Waals surface area contributed by atoms with Crippen molar-refractivity contribution in [2.24, 2.45) is 0 Å². The van der Waals surface area contributed by atoms with E-state index in [-0.39, 0.29) is 5.69 Å². The fourth-order valence-electron chi connectivity index (χ4n) is 2.03. The highest BCUT2D eigenvalue weighted by molar-refractivity contribution is 6.04. The summed E-state index contributed by atoms with van der Waals surface area (Å²) in [5.41, 5.74) is -0.453. The van der Waals surface area contributed by atoms with E-state index < -0.39 is 17.8 Å². The van der Waals surface area contributed by atoms with Crippen molar-refractivity contribution < 1.29 is 22.7 Å². The molecule has 3 rings (SSSR count). The number of fused-ring (bicyclic) bond motifs is 1. The number of hydrogen-bond donors (Lipinski definition) is 2. The number of halogens is 3. The summed E-state index contributed by atoms with van der Waals surface area (Å²) in [5, 5.41) is 16.2. The Morgan fingerprint density at radius 1 is 1.25 bits per heavy atom. The quantitative estimate of drug-likeness (QED) is 0.766. The third-order valence-corrected chi connectivity index (χ3v) is 3.19. The van der Waals surface area contributed by atoms with Crippen LogP contribution in [0.2, 0.25) is 0 Å². The van der Waals surface area contributed by atoms with Crippen LogP contribution in [0.4, 0.5) is 18.9 Å². The molecular formula is C14H10F3N5O2. The van der Waals surface area contributed by atoms with Crippen molar-refractivity contribution in [3.05, 3.63) is 41.9 Å². The Morgan fingerprint density at radius 3 is 2.67 bits per heavy atom. The van der Waals surface area contributed by atoms with Gasteiger partial charge in [-0.3, -0.25) is 9.89 Å². The molecule has 0 saturated heterocycles. The molecule has 0 aliphatic carbocycles. The molecule has 0 atom stereocenters. The van der Waals surface area contributed by atoms with Crippen molar-refractivity contribution in [1.82, 2.24) is 20.4 Å². The number of benzene rings is 1. The smallest absolute Gasteiger partial charge is 0.435 e. The Hall–Kier alpha value is -3.17. The number of ether oxygens (including phenoxy) is 1. The molecule has 0 radical (unpaired) electrons. The molecule has 0 saturated carbocycles. The molecule has 0 aliphatic rings. The predicted molar refractivity (Wildman–Crippen MR) is 77.6 cm³/mol. The predicted octanol–water partition coefficient (Wildman–Crippen LogP) is 2.63. The Balaban J connectivity index is 1.86. The first-order valence-electron chi connectivity index (χ1n) is 6.62. The Morgan fingerprint density at radius 2 is 2.04 bits per heavy atom. The Kier molecular flexibility index (Phi) is 3.80. The van der Waals surface area contributed by atoms with Gasteiger partial charge in [0.25, 0.3) is 5.91 Å². The summed E-state index contributed by atoms with van der Waals surface area (Å²) in [6, 6.07) is 4.87. The van der Waals surface area contributed by atoms with E-state index in [0.717, 1.165) is 11.5 Å². The van der Waals surface area contributed by atoms with Crippen molar-refractivity contribution in [1.29, 1.82) is 0 Å². The molecule has 0 spiro atoms. The maximum absolute atomic E-state index is 12.5.